The molecule has 42 heavy (non-hydrogen) atoms. The SMILES string of the molecule is CSCC[C@H](N[Se]C(=O)[C@@H](NC(=O)[C@H](Cc1ccccc1)NC(=O)OC(C)(C)C)C(C)C)C(=O)N1CCC[C@H]1C(=O)O. The van der Waals surface area contributed by atoms with Crippen molar-refractivity contribution < 1.29 is 33.8 Å². The summed E-state index contributed by atoms with van der Waals surface area (Å²) in [5.74, 6) is -1.48. The summed E-state index contributed by atoms with van der Waals surface area (Å²) in [7, 11) is 0. The van der Waals surface area contributed by atoms with E-state index in [0.29, 0.717) is 31.6 Å². The van der Waals surface area contributed by atoms with Crippen LogP contribution in [0.1, 0.15) is 59.4 Å². The molecule has 0 bridgehead atoms. The van der Waals surface area contributed by atoms with Crippen LogP contribution in [0.5, 0.6) is 0 Å². The number of benzene rings is 1. The average Bonchev–Trinajstić information content (AvgIpc) is 3.41. The van der Waals surface area contributed by atoms with Crippen LogP contribution in [0.25, 0.3) is 0 Å². The summed E-state index contributed by atoms with van der Waals surface area (Å²) >= 11 is 0.674. The Bertz CT molecular complexity index is 1080. The fraction of sp³-hybridized carbons (Fsp3) is 0.621. The van der Waals surface area contributed by atoms with Crippen molar-refractivity contribution in [2.24, 2.45) is 5.92 Å². The number of carbonyl (C=O) groups excluding carboxylic acids is 4. The van der Waals surface area contributed by atoms with Crippen molar-refractivity contribution in [1.29, 1.82) is 0 Å². The molecule has 0 aromatic heterocycles. The minimum absolute atomic E-state index is 0.195. The minimum atomic E-state index is -1.03. The molecule has 0 aliphatic carbocycles. The van der Waals surface area contributed by atoms with Crippen LogP contribution in [-0.2, 0) is 30.3 Å². The molecule has 1 heterocycles. The third-order valence-corrected chi connectivity index (χ3v) is 8.98. The van der Waals surface area contributed by atoms with Crippen LogP contribution < -0.4 is 15.0 Å². The summed E-state index contributed by atoms with van der Waals surface area (Å²) in [5, 5.41) is 15.0. The van der Waals surface area contributed by atoms with Crippen molar-refractivity contribution in [3.8, 4) is 0 Å². The van der Waals surface area contributed by atoms with Crippen molar-refractivity contribution in [3.63, 3.8) is 0 Å². The quantitative estimate of drug-likeness (QED) is 0.206. The van der Waals surface area contributed by atoms with Gasteiger partial charge in [-0.25, -0.2) is 0 Å². The van der Waals surface area contributed by atoms with Gasteiger partial charge in [0.2, 0.25) is 0 Å². The van der Waals surface area contributed by atoms with E-state index in [0.717, 1.165) is 5.56 Å². The maximum atomic E-state index is 13.5. The van der Waals surface area contributed by atoms with Gasteiger partial charge in [-0.15, -0.1) is 0 Å². The van der Waals surface area contributed by atoms with Crippen LogP contribution in [0.4, 0.5) is 4.79 Å². The van der Waals surface area contributed by atoms with E-state index in [4.69, 9.17) is 4.74 Å². The van der Waals surface area contributed by atoms with Gasteiger partial charge in [0.1, 0.15) is 0 Å². The average molecular weight is 672 g/mol. The summed E-state index contributed by atoms with van der Waals surface area (Å²) in [6.07, 6.45) is 2.83. The van der Waals surface area contributed by atoms with Gasteiger partial charge in [0.05, 0.1) is 0 Å². The number of alkyl carbamates (subject to hydrolysis) is 1. The van der Waals surface area contributed by atoms with Crippen LogP contribution in [0.2, 0.25) is 0 Å². The predicted octanol–water partition coefficient (Wildman–Crippen LogP) is 2.20. The summed E-state index contributed by atoms with van der Waals surface area (Å²) in [6.45, 7) is 9.17. The van der Waals surface area contributed by atoms with Crippen LogP contribution in [0, 0.1) is 5.92 Å². The van der Waals surface area contributed by atoms with Crippen LogP contribution >= 0.6 is 11.8 Å². The van der Waals surface area contributed by atoms with Crippen molar-refractivity contribution in [2.45, 2.75) is 90.1 Å². The van der Waals surface area contributed by atoms with Crippen molar-refractivity contribution >= 4 is 55.5 Å². The van der Waals surface area contributed by atoms with E-state index in [2.05, 4.69) is 15.0 Å². The van der Waals surface area contributed by atoms with Gasteiger partial charge in [-0.2, -0.15) is 0 Å². The molecule has 13 heteroatoms. The van der Waals surface area contributed by atoms with E-state index in [1.165, 1.54) is 4.90 Å². The molecule has 1 aromatic rings. The van der Waals surface area contributed by atoms with Gasteiger partial charge in [-0.05, 0) is 0 Å². The Kier molecular flexibility index (Phi) is 14.3. The molecule has 234 valence electrons. The van der Waals surface area contributed by atoms with Crippen molar-refractivity contribution in [1.82, 2.24) is 19.9 Å². The Hall–Kier alpha value is -2.60. The molecular formula is C29H44N4O7SSe. The molecule has 0 spiro atoms. The summed E-state index contributed by atoms with van der Waals surface area (Å²) in [5.41, 5.74) is 0.0653. The summed E-state index contributed by atoms with van der Waals surface area (Å²) in [6, 6.07) is 5.79. The Labute approximate surface area is 259 Å². The molecule has 4 atom stereocenters. The molecule has 1 aliphatic heterocycles. The molecule has 0 saturated carbocycles. The Balaban J connectivity index is 2.14. The number of ether oxygens (including phenoxy) is 1. The normalized spacial score (nSPS) is 17.3. The third-order valence-electron chi connectivity index (χ3n) is 6.54. The monoisotopic (exact) mass is 672 g/mol. The molecule has 11 nitrogen and oxygen atoms in total. The fourth-order valence-electron chi connectivity index (χ4n) is 4.41. The second-order valence-corrected chi connectivity index (χ2v) is 14.3. The summed E-state index contributed by atoms with van der Waals surface area (Å²) < 4.78 is 8.20. The first kappa shape index (κ1) is 35.6. The number of carbonyl (C=O) groups is 5. The van der Waals surface area contributed by atoms with Crippen molar-refractivity contribution in [3.05, 3.63) is 35.9 Å². The van der Waals surface area contributed by atoms with E-state index in [-0.39, 0.29) is 22.9 Å². The Morgan fingerprint density at radius 1 is 1.10 bits per heavy atom. The first-order chi connectivity index (χ1) is 19.7. The molecule has 4 N–H and O–H groups in total. The van der Waals surface area contributed by atoms with Gasteiger partial charge in [0, 0.05) is 0 Å². The standard InChI is InChI=1S/C29H44N4O7SSe/c1-18(2)23(27(38)42-32-20(14-16-41-6)25(35)33-15-10-13-22(33)26(36)37)31-24(34)21(17-19-11-8-7-9-12-19)30-28(39)40-29(3,4)5/h7-9,11-12,18,20-23,32H,10,13-17H2,1-6H3,(H,30,39)(H,31,34)(H,36,37)/t20-,21-,22-,23-/m0/s1. The molecule has 1 aromatic carbocycles. The third kappa shape index (κ3) is 11.6. The number of hydrogen-bond donors (Lipinski definition) is 4. The topological polar surface area (TPSA) is 154 Å². The maximum absolute atomic E-state index is 13.5. The van der Waals surface area contributed by atoms with Crippen molar-refractivity contribution in [2.75, 3.05) is 18.6 Å². The number of rotatable bonds is 15. The van der Waals surface area contributed by atoms with Crippen LogP contribution in [-0.4, -0.2) is 102 Å². The second kappa shape index (κ2) is 16.9. The van der Waals surface area contributed by atoms with Gasteiger partial charge in [-0.3, -0.25) is 0 Å². The van der Waals surface area contributed by atoms with Crippen LogP contribution in [0.15, 0.2) is 30.3 Å². The zero-order valence-corrected chi connectivity index (χ0v) is 27.7. The zero-order valence-electron chi connectivity index (χ0n) is 25.2. The first-order valence-corrected chi connectivity index (χ1v) is 17.2. The number of carboxylic acids is 1. The molecular weight excluding hydrogens is 627 g/mol. The number of aliphatic carboxylic acids is 1. The van der Waals surface area contributed by atoms with Gasteiger partial charge in [0.15, 0.2) is 0 Å². The number of carboxylic acid groups (broad SMARTS) is 1. The number of amides is 3. The first-order valence-electron chi connectivity index (χ1n) is 14.1. The molecule has 2 rings (SSSR count). The van der Waals surface area contributed by atoms with Gasteiger partial charge in [-0.1, -0.05) is 0 Å². The number of nitrogens with one attached hydrogen (secondary N) is 3. The van der Waals surface area contributed by atoms with E-state index in [9.17, 15) is 29.1 Å². The number of thioether (sulfide) groups is 1. The molecule has 1 saturated heterocycles. The van der Waals surface area contributed by atoms with Gasteiger partial charge < -0.3 is 0 Å². The van der Waals surface area contributed by atoms with Crippen LogP contribution in [0.3, 0.4) is 0 Å². The number of hydrogen-bond acceptors (Lipinski definition) is 8. The molecule has 1 fully saturated rings. The molecule has 0 radical (unpaired) electrons. The van der Waals surface area contributed by atoms with Gasteiger partial charge in [0.25, 0.3) is 0 Å². The van der Waals surface area contributed by atoms with E-state index < -0.39 is 62.9 Å². The molecule has 3 amide bonds. The number of likely N-dealkylation sites (tertiary alicyclic amines) is 1. The van der Waals surface area contributed by atoms with E-state index >= 15 is 0 Å². The Morgan fingerprint density at radius 3 is 2.33 bits per heavy atom. The van der Waals surface area contributed by atoms with E-state index in [1.54, 1.807) is 32.5 Å². The fourth-order valence-corrected chi connectivity index (χ4v) is 6.84. The molecule has 1 aliphatic rings. The predicted molar refractivity (Wildman–Crippen MR) is 163 cm³/mol. The Morgan fingerprint density at radius 2 is 1.76 bits per heavy atom. The summed E-state index contributed by atoms with van der Waals surface area (Å²) in [4.78, 5) is 65.8. The van der Waals surface area contributed by atoms with Gasteiger partial charge >= 0.3 is 260 Å². The zero-order chi connectivity index (χ0) is 31.4. The number of nitrogens with zero attached hydrogens (tertiary/aromatic N) is 1. The molecule has 0 unspecified atom stereocenters. The second-order valence-electron chi connectivity index (χ2n) is 11.5. The van der Waals surface area contributed by atoms with E-state index in [1.807, 2.05) is 50.4 Å².